The fourth-order valence-corrected chi connectivity index (χ4v) is 4.61. The van der Waals surface area contributed by atoms with E-state index in [0.29, 0.717) is 37.4 Å². The maximum atomic E-state index is 12.8. The average Bonchev–Trinajstić information content (AvgIpc) is 2.91. The maximum Gasteiger partial charge on any atom is 0.307 e. The number of nitrogens with zero attached hydrogens (tertiary/aromatic N) is 2. The highest BCUT2D eigenvalue weighted by Gasteiger charge is 2.17. The Labute approximate surface area is 286 Å². The van der Waals surface area contributed by atoms with E-state index in [1.54, 1.807) is 19.1 Å². The Morgan fingerprint density at radius 1 is 0.568 bits per heavy atom. The van der Waals surface area contributed by atoms with Gasteiger partial charge in [-0.05, 0) is 132 Å². The molecule has 236 valence electrons. The van der Waals surface area contributed by atoms with E-state index in [0.717, 1.165) is 17.2 Å². The molecule has 4 rings (SSSR count). The Hall–Kier alpha value is -2.66. The quantitative estimate of drug-likeness (QED) is 0.0708. The van der Waals surface area contributed by atoms with E-state index in [1.807, 2.05) is 13.8 Å². The lowest BCUT2D eigenvalue weighted by Gasteiger charge is -2.00. The summed E-state index contributed by atoms with van der Waals surface area (Å²) in [6.07, 6.45) is 0. The number of aryl methyl sites for hydroxylation is 3. The molecule has 2 N–H and O–H groups in total. The number of rotatable bonds is 2. The summed E-state index contributed by atoms with van der Waals surface area (Å²) in [5, 5.41) is 20.8. The van der Waals surface area contributed by atoms with Crippen LogP contribution in [-0.2, 0) is 0 Å². The van der Waals surface area contributed by atoms with Crippen LogP contribution in [0.4, 0.5) is 39.0 Å². The van der Waals surface area contributed by atoms with Crippen molar-refractivity contribution in [3.05, 3.63) is 137 Å². The predicted molar refractivity (Wildman–Crippen MR) is 173 cm³/mol. The SMILES string of the molecule is Cc1cc(Br)c(F)cc1Cl.Cc1cc(Br)c(F)cc1N.Cc1cc(Br)c(F)cc1[N+](=O)[O-].O=[N+]([O-])c1cc(F)c(Br)cc1F. The third kappa shape index (κ3) is 12.0. The lowest BCUT2D eigenvalue weighted by Crippen LogP contribution is -1.93. The van der Waals surface area contributed by atoms with Gasteiger partial charge in [-0.15, -0.1) is 0 Å². The van der Waals surface area contributed by atoms with Crippen LogP contribution < -0.4 is 5.73 Å². The first-order chi connectivity index (χ1) is 20.3. The molecule has 0 atom stereocenters. The molecular formula is C27H19Br4ClF5N3O4. The zero-order valence-electron chi connectivity index (χ0n) is 22.5. The molecule has 7 nitrogen and oxygen atoms in total. The lowest BCUT2D eigenvalue weighted by molar-refractivity contribution is -0.387. The van der Waals surface area contributed by atoms with E-state index in [4.69, 9.17) is 17.3 Å². The normalized spacial score (nSPS) is 9.93. The molecule has 0 aromatic heterocycles. The van der Waals surface area contributed by atoms with Gasteiger partial charge >= 0.3 is 5.69 Å². The summed E-state index contributed by atoms with van der Waals surface area (Å²) in [4.78, 5) is 18.8. The van der Waals surface area contributed by atoms with E-state index >= 15 is 0 Å². The molecule has 0 heterocycles. The van der Waals surface area contributed by atoms with E-state index in [9.17, 15) is 42.2 Å². The van der Waals surface area contributed by atoms with Crippen molar-refractivity contribution in [3.8, 4) is 0 Å². The lowest BCUT2D eigenvalue weighted by atomic mass is 10.2. The van der Waals surface area contributed by atoms with Crippen LogP contribution in [0.15, 0.2) is 66.4 Å². The van der Waals surface area contributed by atoms with Crippen molar-refractivity contribution in [2.45, 2.75) is 20.8 Å². The number of benzene rings is 4. The number of nitrogen functional groups attached to an aromatic ring is 1. The second-order valence-electron chi connectivity index (χ2n) is 8.42. The van der Waals surface area contributed by atoms with Crippen molar-refractivity contribution in [2.75, 3.05) is 5.73 Å². The third-order valence-corrected chi connectivity index (χ3v) is 7.97. The van der Waals surface area contributed by atoms with Crippen LogP contribution in [-0.4, -0.2) is 9.85 Å². The highest BCUT2D eigenvalue weighted by molar-refractivity contribution is 9.11. The van der Waals surface area contributed by atoms with Crippen molar-refractivity contribution in [1.82, 2.24) is 0 Å². The molecule has 44 heavy (non-hydrogen) atoms. The maximum absolute atomic E-state index is 12.8. The van der Waals surface area contributed by atoms with Crippen molar-refractivity contribution in [2.24, 2.45) is 0 Å². The number of hydrogen-bond acceptors (Lipinski definition) is 5. The Kier molecular flexibility index (Phi) is 15.9. The van der Waals surface area contributed by atoms with Gasteiger partial charge in [0.1, 0.15) is 23.3 Å². The molecular weight excluding hydrogens is 880 g/mol. The van der Waals surface area contributed by atoms with E-state index in [2.05, 4.69) is 63.7 Å². The van der Waals surface area contributed by atoms with E-state index < -0.39 is 33.0 Å². The standard InChI is InChI=1S/C7H5BrClF.C7H5BrFNO2.C7H7BrFN.C6H2BrF2NO2/c1-4-2-5(8)7(10)3-6(4)9;1-4-2-5(8)6(9)3-7(4)10(11)12;1-4-2-5(8)6(9)3-7(4)10;7-3-1-5(9)6(10(11)12)2-4(3)8/h2-3H,1H3;2-3H,1H3;2-3H,10H2,1H3;1-2H. The van der Waals surface area contributed by atoms with Gasteiger partial charge in [-0.1, -0.05) is 11.6 Å². The van der Waals surface area contributed by atoms with Crippen LogP contribution >= 0.6 is 75.3 Å². The predicted octanol–water partition coefficient (Wildman–Crippen LogP) is 11.5. The molecule has 17 heteroatoms. The molecule has 0 saturated carbocycles. The average molecular weight is 900 g/mol. The van der Waals surface area contributed by atoms with Crippen LogP contribution in [0.1, 0.15) is 16.7 Å². The number of halogens is 10. The minimum absolute atomic E-state index is 0.134. The van der Waals surface area contributed by atoms with Crippen molar-refractivity contribution in [1.29, 1.82) is 0 Å². The number of anilines is 1. The van der Waals surface area contributed by atoms with Gasteiger partial charge in [0.2, 0.25) is 5.82 Å². The van der Waals surface area contributed by atoms with Crippen LogP contribution in [0.3, 0.4) is 0 Å². The molecule has 0 spiro atoms. The molecule has 4 aromatic carbocycles. The Morgan fingerprint density at radius 2 is 0.932 bits per heavy atom. The molecule has 0 bridgehead atoms. The second-order valence-corrected chi connectivity index (χ2v) is 12.2. The Balaban J connectivity index is 0.000000294. The molecule has 0 unspecified atom stereocenters. The van der Waals surface area contributed by atoms with Crippen molar-refractivity contribution in [3.63, 3.8) is 0 Å². The van der Waals surface area contributed by atoms with Crippen LogP contribution in [0.5, 0.6) is 0 Å². The zero-order valence-corrected chi connectivity index (χ0v) is 29.6. The molecule has 4 aromatic rings. The smallest absolute Gasteiger partial charge is 0.307 e. The monoisotopic (exact) mass is 895 g/mol. The number of nitro benzene ring substituents is 2. The van der Waals surface area contributed by atoms with Gasteiger partial charge in [0.15, 0.2) is 0 Å². The van der Waals surface area contributed by atoms with Gasteiger partial charge in [0.25, 0.3) is 5.69 Å². The number of hydrogen-bond donors (Lipinski definition) is 1. The van der Waals surface area contributed by atoms with Crippen LogP contribution in [0.2, 0.25) is 5.02 Å². The van der Waals surface area contributed by atoms with Gasteiger partial charge < -0.3 is 5.73 Å². The van der Waals surface area contributed by atoms with Crippen molar-refractivity contribution >= 4 is 92.4 Å². The van der Waals surface area contributed by atoms with E-state index in [1.165, 1.54) is 18.2 Å². The summed E-state index contributed by atoms with van der Waals surface area (Å²) >= 11 is 17.3. The molecule has 0 amide bonds. The fourth-order valence-electron chi connectivity index (χ4n) is 2.77. The van der Waals surface area contributed by atoms with Gasteiger partial charge in [0, 0.05) is 16.3 Å². The van der Waals surface area contributed by atoms with Gasteiger partial charge in [-0.2, -0.15) is 4.39 Å². The zero-order chi connectivity index (χ0) is 34.0. The van der Waals surface area contributed by atoms with Gasteiger partial charge in [-0.3, -0.25) is 20.2 Å². The summed E-state index contributed by atoms with van der Waals surface area (Å²) in [6, 6.07) is 9.43. The summed E-state index contributed by atoms with van der Waals surface area (Å²) < 4.78 is 64.3. The molecule has 0 aliphatic rings. The molecule has 0 aliphatic heterocycles. The highest BCUT2D eigenvalue weighted by Crippen LogP contribution is 2.26. The third-order valence-electron chi connectivity index (χ3n) is 5.13. The second kappa shape index (κ2) is 17.7. The largest absolute Gasteiger partial charge is 0.398 e. The topological polar surface area (TPSA) is 112 Å². The molecule has 0 aliphatic carbocycles. The molecule has 0 saturated heterocycles. The Bertz CT molecular complexity index is 1480. The molecule has 0 radical (unpaired) electrons. The van der Waals surface area contributed by atoms with Crippen molar-refractivity contribution < 1.29 is 31.8 Å². The first-order valence-electron chi connectivity index (χ1n) is 11.5. The summed E-state index contributed by atoms with van der Waals surface area (Å²) in [6.45, 7) is 5.22. The summed E-state index contributed by atoms with van der Waals surface area (Å²) in [5.74, 6) is -3.18. The minimum Gasteiger partial charge on any atom is -0.398 e. The first-order valence-corrected chi connectivity index (χ1v) is 15.0. The first kappa shape index (κ1) is 39.4. The number of nitrogens with two attached hydrogens (primary N) is 1. The fraction of sp³-hybridized carbons (Fsp3) is 0.111. The highest BCUT2D eigenvalue weighted by atomic mass is 79.9. The van der Waals surface area contributed by atoms with Gasteiger partial charge in [0.05, 0.1) is 39.9 Å². The van der Waals surface area contributed by atoms with Crippen LogP contribution in [0, 0.1) is 70.1 Å². The minimum atomic E-state index is -1.06. The number of nitro groups is 2. The van der Waals surface area contributed by atoms with Crippen LogP contribution in [0.25, 0.3) is 0 Å². The van der Waals surface area contributed by atoms with E-state index in [-0.39, 0.29) is 26.3 Å². The molecule has 0 fully saturated rings. The summed E-state index contributed by atoms with van der Waals surface area (Å²) in [7, 11) is 0. The Morgan fingerprint density at radius 3 is 1.36 bits per heavy atom. The summed E-state index contributed by atoms with van der Waals surface area (Å²) in [5.41, 5.74) is 7.04. The van der Waals surface area contributed by atoms with Gasteiger partial charge in [-0.25, -0.2) is 17.6 Å².